The highest BCUT2D eigenvalue weighted by molar-refractivity contribution is 7.26. The topological polar surface area (TPSA) is 64.7 Å². The number of thiophene rings is 1. The molecule has 0 saturated carbocycles. The smallest absolute Gasteiger partial charge is 0.227 e. The molecule has 10 rings (SSSR count). The van der Waals surface area contributed by atoms with Gasteiger partial charge >= 0.3 is 0 Å². The molecule has 48 heavy (non-hydrogen) atoms. The summed E-state index contributed by atoms with van der Waals surface area (Å²) in [7, 11) is 0. The Hall–Kier alpha value is -6.24. The summed E-state index contributed by atoms with van der Waals surface area (Å²) in [6.45, 7) is 0. The van der Waals surface area contributed by atoms with E-state index in [1.54, 1.807) is 11.3 Å². The van der Waals surface area contributed by atoms with Gasteiger partial charge in [-0.15, -0.1) is 11.3 Å². The largest absolute Gasteiger partial charge is 0.435 e. The molecule has 224 valence electrons. The molecule has 0 aliphatic rings. The van der Waals surface area contributed by atoms with E-state index in [1.807, 2.05) is 60.7 Å². The van der Waals surface area contributed by atoms with Gasteiger partial charge in [-0.2, -0.15) is 0 Å². The van der Waals surface area contributed by atoms with E-state index in [9.17, 15) is 0 Å². The predicted octanol–water partition coefficient (Wildman–Crippen LogP) is 11.4. The first-order valence-electron chi connectivity index (χ1n) is 15.8. The number of rotatable bonds is 4. The van der Waals surface area contributed by atoms with Crippen molar-refractivity contribution >= 4 is 64.2 Å². The minimum atomic E-state index is 0.623. The molecule has 7 aromatic carbocycles. The normalized spacial score (nSPS) is 11.8. The third-order valence-electron chi connectivity index (χ3n) is 8.93. The van der Waals surface area contributed by atoms with Crippen LogP contribution in [0.25, 0.3) is 98.4 Å². The van der Waals surface area contributed by atoms with Crippen LogP contribution in [0.4, 0.5) is 0 Å². The van der Waals surface area contributed by atoms with E-state index < -0.39 is 0 Å². The number of oxazole rings is 1. The molecule has 0 fully saturated rings. The minimum Gasteiger partial charge on any atom is -0.435 e. The van der Waals surface area contributed by atoms with Crippen LogP contribution in [0.15, 0.2) is 150 Å². The summed E-state index contributed by atoms with van der Waals surface area (Å²) in [5.74, 6) is 2.53. The molecule has 0 amide bonds. The molecule has 3 aromatic heterocycles. The van der Waals surface area contributed by atoms with Crippen LogP contribution in [-0.2, 0) is 0 Å². The lowest BCUT2D eigenvalue weighted by molar-refractivity contribution is 0.623. The van der Waals surface area contributed by atoms with E-state index in [0.29, 0.717) is 23.4 Å². The third kappa shape index (κ3) is 4.38. The number of hydrogen-bond donors (Lipinski definition) is 0. The Morgan fingerprint density at radius 1 is 0.417 bits per heavy atom. The fourth-order valence-corrected chi connectivity index (χ4v) is 7.70. The van der Waals surface area contributed by atoms with Gasteiger partial charge < -0.3 is 4.42 Å². The lowest BCUT2D eigenvalue weighted by Crippen LogP contribution is -2.00. The Morgan fingerprint density at radius 2 is 1.00 bits per heavy atom. The molecular formula is C42H24N4OS. The first-order chi connectivity index (χ1) is 23.7. The Kier molecular flexibility index (Phi) is 5.98. The van der Waals surface area contributed by atoms with Crippen molar-refractivity contribution in [1.29, 1.82) is 0 Å². The van der Waals surface area contributed by atoms with E-state index in [0.717, 1.165) is 65.0 Å². The van der Waals surface area contributed by atoms with Crippen molar-refractivity contribution in [3.8, 4) is 45.6 Å². The van der Waals surface area contributed by atoms with Crippen LogP contribution in [0.2, 0.25) is 0 Å². The maximum Gasteiger partial charge on any atom is 0.227 e. The highest BCUT2D eigenvalue weighted by Crippen LogP contribution is 2.43. The van der Waals surface area contributed by atoms with E-state index in [-0.39, 0.29) is 0 Å². The van der Waals surface area contributed by atoms with E-state index in [2.05, 4.69) is 84.9 Å². The summed E-state index contributed by atoms with van der Waals surface area (Å²) in [4.78, 5) is 20.0. The molecular weight excluding hydrogens is 609 g/mol. The summed E-state index contributed by atoms with van der Waals surface area (Å²) >= 11 is 1.77. The average Bonchev–Trinajstić information content (AvgIpc) is 3.77. The Morgan fingerprint density at radius 3 is 1.77 bits per heavy atom. The highest BCUT2D eigenvalue weighted by atomic mass is 32.1. The molecule has 6 heteroatoms. The van der Waals surface area contributed by atoms with Crippen molar-refractivity contribution in [2.45, 2.75) is 0 Å². The third-order valence-corrected chi connectivity index (χ3v) is 10.0. The number of fused-ring (bicyclic) bond motifs is 8. The Bertz CT molecular complexity index is 2840. The van der Waals surface area contributed by atoms with Crippen LogP contribution in [0.5, 0.6) is 0 Å². The molecule has 0 bridgehead atoms. The molecule has 0 N–H and O–H groups in total. The zero-order valence-corrected chi connectivity index (χ0v) is 26.3. The molecule has 0 unspecified atom stereocenters. The second-order valence-electron chi connectivity index (χ2n) is 11.9. The SMILES string of the molecule is c1ccc(-c2nc(-c3ccc4ccccc4c3)nc(-c3ccc4ccc5sc6ccc7nc(-c8ccccc8)oc7c6c5c4c3)n2)cc1. The summed E-state index contributed by atoms with van der Waals surface area (Å²) in [5, 5.41) is 6.82. The lowest BCUT2D eigenvalue weighted by atomic mass is 10.0. The van der Waals surface area contributed by atoms with Crippen molar-refractivity contribution in [3.63, 3.8) is 0 Å². The van der Waals surface area contributed by atoms with Gasteiger partial charge in [0.2, 0.25) is 5.89 Å². The molecule has 0 aliphatic carbocycles. The summed E-state index contributed by atoms with van der Waals surface area (Å²) in [6, 6.07) is 50.0. The molecule has 3 heterocycles. The van der Waals surface area contributed by atoms with Gasteiger partial charge in [-0.3, -0.25) is 0 Å². The van der Waals surface area contributed by atoms with Crippen molar-refractivity contribution in [1.82, 2.24) is 19.9 Å². The monoisotopic (exact) mass is 632 g/mol. The standard InChI is InChI=1S/C42H24N4OS/c1-3-10-27(11-4-1)39-44-40(30-17-15-25-9-7-8-14-29(25)23-30)46-41(45-39)31-18-16-26-19-21-34-36(32(26)24-31)37-35(48-34)22-20-33-38(37)47-42(43-33)28-12-5-2-6-13-28/h1-24H. The van der Waals surface area contributed by atoms with Gasteiger partial charge in [0, 0.05) is 42.4 Å². The second kappa shape index (κ2) is 10.7. The maximum atomic E-state index is 6.52. The number of nitrogens with zero attached hydrogens (tertiary/aromatic N) is 4. The van der Waals surface area contributed by atoms with Gasteiger partial charge in [0.25, 0.3) is 0 Å². The second-order valence-corrected chi connectivity index (χ2v) is 13.0. The van der Waals surface area contributed by atoms with E-state index in [4.69, 9.17) is 24.4 Å². The lowest BCUT2D eigenvalue weighted by Gasteiger charge is -2.10. The van der Waals surface area contributed by atoms with Gasteiger partial charge in [0.05, 0.1) is 0 Å². The average molecular weight is 633 g/mol. The first kappa shape index (κ1) is 26.9. The molecule has 5 nitrogen and oxygen atoms in total. The van der Waals surface area contributed by atoms with Crippen LogP contribution >= 0.6 is 11.3 Å². The fraction of sp³-hybridized carbons (Fsp3) is 0. The molecule has 0 atom stereocenters. The van der Waals surface area contributed by atoms with Gasteiger partial charge in [-0.05, 0) is 64.0 Å². The van der Waals surface area contributed by atoms with E-state index in [1.165, 1.54) is 10.1 Å². The Balaban J connectivity index is 1.20. The summed E-state index contributed by atoms with van der Waals surface area (Å²) in [6.07, 6.45) is 0. The number of aromatic nitrogens is 4. The quantitative estimate of drug-likeness (QED) is 0.193. The molecule has 0 radical (unpaired) electrons. The van der Waals surface area contributed by atoms with Crippen molar-refractivity contribution in [2.24, 2.45) is 0 Å². The van der Waals surface area contributed by atoms with Crippen LogP contribution in [-0.4, -0.2) is 19.9 Å². The molecule has 0 aliphatic heterocycles. The van der Waals surface area contributed by atoms with Crippen LogP contribution in [0.3, 0.4) is 0 Å². The van der Waals surface area contributed by atoms with Crippen LogP contribution in [0, 0.1) is 0 Å². The number of hydrogen-bond acceptors (Lipinski definition) is 6. The van der Waals surface area contributed by atoms with Crippen molar-refractivity contribution < 1.29 is 4.42 Å². The Labute approximate surface area is 278 Å². The summed E-state index contributed by atoms with van der Waals surface area (Å²) < 4.78 is 8.88. The molecule has 10 aromatic rings. The fourth-order valence-electron chi connectivity index (χ4n) is 6.58. The predicted molar refractivity (Wildman–Crippen MR) is 197 cm³/mol. The van der Waals surface area contributed by atoms with Crippen LogP contribution in [0.1, 0.15) is 0 Å². The van der Waals surface area contributed by atoms with E-state index >= 15 is 0 Å². The minimum absolute atomic E-state index is 0.623. The number of benzene rings is 7. The van der Waals surface area contributed by atoms with Crippen LogP contribution < -0.4 is 0 Å². The molecule has 0 spiro atoms. The van der Waals surface area contributed by atoms with Crippen molar-refractivity contribution in [3.05, 3.63) is 146 Å². The van der Waals surface area contributed by atoms with Crippen molar-refractivity contribution in [2.75, 3.05) is 0 Å². The maximum absolute atomic E-state index is 6.52. The van der Waals surface area contributed by atoms with Gasteiger partial charge in [0.15, 0.2) is 23.1 Å². The first-order valence-corrected chi connectivity index (χ1v) is 16.6. The molecule has 0 saturated heterocycles. The zero-order chi connectivity index (χ0) is 31.6. The summed E-state index contributed by atoms with van der Waals surface area (Å²) in [5.41, 5.74) is 5.42. The van der Waals surface area contributed by atoms with Gasteiger partial charge in [-0.1, -0.05) is 103 Å². The van der Waals surface area contributed by atoms with Gasteiger partial charge in [0.1, 0.15) is 5.52 Å². The highest BCUT2D eigenvalue weighted by Gasteiger charge is 2.19. The zero-order valence-electron chi connectivity index (χ0n) is 25.5. The van der Waals surface area contributed by atoms with Gasteiger partial charge in [-0.25, -0.2) is 19.9 Å².